The molecule has 0 bridgehead atoms. The first-order valence-electron chi connectivity index (χ1n) is 10.2. The van der Waals surface area contributed by atoms with Crippen molar-refractivity contribution in [2.45, 2.75) is 9.79 Å². The smallest absolute Gasteiger partial charge is 0.298 e. The van der Waals surface area contributed by atoms with Gasteiger partial charge in [-0.05, 0) is 35.0 Å². The summed E-state index contributed by atoms with van der Waals surface area (Å²) in [5, 5.41) is -1.31. The third-order valence-electron chi connectivity index (χ3n) is 5.28. The van der Waals surface area contributed by atoms with Crippen LogP contribution >= 0.6 is 0 Å². The Hall–Kier alpha value is -4.14. The van der Waals surface area contributed by atoms with Gasteiger partial charge in [-0.2, -0.15) is 34.4 Å². The fraction of sp³-hybridized carbons (Fsp3) is 0. The van der Waals surface area contributed by atoms with E-state index in [0.717, 1.165) is 0 Å². The lowest BCUT2D eigenvalue weighted by Gasteiger charge is -2.16. The van der Waals surface area contributed by atoms with Gasteiger partial charge in [0.1, 0.15) is 21.3 Å². The van der Waals surface area contributed by atoms with E-state index >= 15 is 0 Å². The fourth-order valence-electron chi connectivity index (χ4n) is 3.40. The zero-order chi connectivity index (χ0) is 31.6. The van der Waals surface area contributed by atoms with Crippen LogP contribution in [0.1, 0.15) is 0 Å². The Labute approximate surface area is 225 Å². The van der Waals surface area contributed by atoms with E-state index in [1.165, 1.54) is 0 Å². The molecule has 0 radical (unpaired) electrons. The van der Waals surface area contributed by atoms with Gasteiger partial charge < -0.3 is 9.47 Å². The van der Waals surface area contributed by atoms with Crippen molar-refractivity contribution < 1.29 is 79.3 Å². The molecule has 0 aliphatic heterocycles. The second kappa shape index (κ2) is 10.3. The normalized spacial score (nSPS) is 12.2. The van der Waals surface area contributed by atoms with Gasteiger partial charge in [0.15, 0.2) is 0 Å². The number of fused-ring (bicyclic) bond motifs is 1. The molecule has 0 atom stereocenters. The first-order chi connectivity index (χ1) is 19.2. The Kier molecular flexibility index (Phi) is 7.55. The molecular formula is C22H6F10O8S2. The SMILES string of the molecule is O=S(=O)(O)c1cc2cc(S(=O)(=O)O)c(Oc3c(F)c(F)c(F)c(F)c3F)cc2cc1Oc1c(F)c(F)c(F)c(F)c1F. The van der Waals surface area contributed by atoms with Crippen LogP contribution in [0.5, 0.6) is 23.0 Å². The molecule has 0 saturated carbocycles. The van der Waals surface area contributed by atoms with Crippen LogP contribution in [0.3, 0.4) is 0 Å². The lowest BCUT2D eigenvalue weighted by molar-refractivity contribution is 0.328. The molecule has 2 N–H and O–H groups in total. The van der Waals surface area contributed by atoms with Crippen LogP contribution in [0.25, 0.3) is 10.8 Å². The number of rotatable bonds is 6. The molecule has 0 aromatic heterocycles. The Balaban J connectivity index is 2.02. The second-order valence-corrected chi connectivity index (χ2v) is 10.7. The summed E-state index contributed by atoms with van der Waals surface area (Å²) in [7, 11) is -11.0. The highest BCUT2D eigenvalue weighted by atomic mass is 32.2. The maximum atomic E-state index is 14.2. The molecule has 42 heavy (non-hydrogen) atoms. The minimum absolute atomic E-state index is 0.295. The lowest BCUT2D eigenvalue weighted by Crippen LogP contribution is -2.08. The van der Waals surface area contributed by atoms with Crippen LogP contribution in [0.2, 0.25) is 0 Å². The minimum atomic E-state index is -5.52. The van der Waals surface area contributed by atoms with Crippen molar-refractivity contribution in [1.82, 2.24) is 0 Å². The molecule has 0 aliphatic rings. The van der Waals surface area contributed by atoms with Crippen LogP contribution in [0, 0.1) is 58.2 Å². The molecule has 0 unspecified atom stereocenters. The van der Waals surface area contributed by atoms with Crippen molar-refractivity contribution in [3.05, 3.63) is 82.4 Å². The van der Waals surface area contributed by atoms with E-state index in [4.69, 9.17) is 0 Å². The largest absolute Gasteiger partial charge is 0.449 e. The van der Waals surface area contributed by atoms with E-state index in [0.29, 0.717) is 24.3 Å². The highest BCUT2D eigenvalue weighted by Crippen LogP contribution is 2.41. The van der Waals surface area contributed by atoms with Crippen LogP contribution in [0.15, 0.2) is 34.1 Å². The summed E-state index contributed by atoms with van der Waals surface area (Å²) in [5.74, 6) is -32.8. The molecule has 0 spiro atoms. The highest BCUT2D eigenvalue weighted by Gasteiger charge is 2.32. The van der Waals surface area contributed by atoms with Crippen molar-refractivity contribution in [3.63, 3.8) is 0 Å². The van der Waals surface area contributed by atoms with Crippen molar-refractivity contribution in [1.29, 1.82) is 0 Å². The number of ether oxygens (including phenoxy) is 2. The molecule has 0 heterocycles. The van der Waals surface area contributed by atoms with Gasteiger partial charge in [0.2, 0.25) is 69.7 Å². The number of hydrogen-bond donors (Lipinski definition) is 2. The Morgan fingerprint density at radius 1 is 0.429 bits per heavy atom. The van der Waals surface area contributed by atoms with Gasteiger partial charge in [-0.1, -0.05) is 0 Å². The maximum absolute atomic E-state index is 14.2. The van der Waals surface area contributed by atoms with Crippen molar-refractivity contribution in [2.24, 2.45) is 0 Å². The standard InChI is InChI=1S/C22H6F10O8S2/c23-11-13(25)17(29)21(18(30)14(11)26)39-7-1-5-2-8(40-22-19(31)15(27)12(24)16(28)20(22)32)10(42(36,37)38)4-6(5)3-9(7)41(33,34)35/h1-4H,(H,33,34,35)(H,36,37,38). The maximum Gasteiger partial charge on any atom is 0.298 e. The van der Waals surface area contributed by atoms with E-state index in [1.54, 1.807) is 0 Å². The third kappa shape index (κ3) is 5.16. The Bertz CT molecular complexity index is 1850. The topological polar surface area (TPSA) is 127 Å². The van der Waals surface area contributed by atoms with Gasteiger partial charge >= 0.3 is 0 Å². The average molecular weight is 652 g/mol. The Morgan fingerprint density at radius 3 is 0.929 bits per heavy atom. The molecule has 0 saturated heterocycles. The van der Waals surface area contributed by atoms with Crippen LogP contribution in [-0.2, 0) is 20.2 Å². The molecule has 4 aromatic carbocycles. The Morgan fingerprint density at radius 2 is 0.667 bits per heavy atom. The monoisotopic (exact) mass is 652 g/mol. The van der Waals surface area contributed by atoms with Gasteiger partial charge in [0.25, 0.3) is 20.2 Å². The van der Waals surface area contributed by atoms with Gasteiger partial charge in [-0.3, -0.25) is 9.11 Å². The van der Waals surface area contributed by atoms with Crippen LogP contribution in [0.4, 0.5) is 43.9 Å². The van der Waals surface area contributed by atoms with Gasteiger partial charge in [-0.25, -0.2) is 26.3 Å². The first kappa shape index (κ1) is 30.8. The van der Waals surface area contributed by atoms with E-state index in [9.17, 15) is 69.8 Å². The predicted molar refractivity (Wildman–Crippen MR) is 116 cm³/mol. The molecule has 0 aliphatic carbocycles. The summed E-state index contributed by atoms with van der Waals surface area (Å²) < 4.78 is 214. The summed E-state index contributed by atoms with van der Waals surface area (Å²) >= 11 is 0. The number of hydrogen-bond acceptors (Lipinski definition) is 6. The quantitative estimate of drug-likeness (QED) is 0.107. The average Bonchev–Trinajstić information content (AvgIpc) is 2.91. The van der Waals surface area contributed by atoms with Crippen LogP contribution < -0.4 is 9.47 Å². The van der Waals surface area contributed by atoms with E-state index in [2.05, 4.69) is 9.47 Å². The zero-order valence-electron chi connectivity index (χ0n) is 19.2. The summed E-state index contributed by atoms with van der Waals surface area (Å²) in [6.07, 6.45) is 0. The molecule has 4 rings (SSSR count). The molecule has 8 nitrogen and oxygen atoms in total. The van der Waals surface area contributed by atoms with E-state index in [-0.39, 0.29) is 0 Å². The molecular weight excluding hydrogens is 646 g/mol. The summed E-state index contributed by atoms with van der Waals surface area (Å²) in [6.45, 7) is 0. The fourth-order valence-corrected chi connectivity index (χ4v) is 4.66. The highest BCUT2D eigenvalue weighted by molar-refractivity contribution is 7.86. The van der Waals surface area contributed by atoms with Crippen molar-refractivity contribution in [3.8, 4) is 23.0 Å². The van der Waals surface area contributed by atoms with E-state index in [1.807, 2.05) is 0 Å². The number of benzene rings is 4. The van der Waals surface area contributed by atoms with Crippen molar-refractivity contribution >= 4 is 31.0 Å². The summed E-state index contributed by atoms with van der Waals surface area (Å²) in [6, 6.07) is 1.27. The molecule has 4 aromatic rings. The minimum Gasteiger partial charge on any atom is -0.449 e. The van der Waals surface area contributed by atoms with Gasteiger partial charge in [0, 0.05) is 0 Å². The van der Waals surface area contributed by atoms with Crippen molar-refractivity contribution in [2.75, 3.05) is 0 Å². The molecule has 224 valence electrons. The molecule has 20 heteroatoms. The molecule has 0 amide bonds. The third-order valence-corrected chi connectivity index (χ3v) is 7.03. The summed E-state index contributed by atoms with van der Waals surface area (Å²) in [5.41, 5.74) is 0. The summed E-state index contributed by atoms with van der Waals surface area (Å²) in [4.78, 5) is -2.96. The second-order valence-electron chi connectivity index (χ2n) is 7.90. The number of halogens is 10. The lowest BCUT2D eigenvalue weighted by atomic mass is 10.1. The van der Waals surface area contributed by atoms with Gasteiger partial charge in [-0.15, -0.1) is 0 Å². The van der Waals surface area contributed by atoms with Crippen LogP contribution in [-0.4, -0.2) is 25.9 Å². The van der Waals surface area contributed by atoms with Gasteiger partial charge in [0.05, 0.1) is 0 Å². The molecule has 0 fully saturated rings. The predicted octanol–water partition coefficient (Wildman–Crippen LogP) is 6.31. The van der Waals surface area contributed by atoms with E-state index < -0.39 is 122 Å². The zero-order valence-corrected chi connectivity index (χ0v) is 20.9. The first-order valence-corrected chi connectivity index (χ1v) is 13.1.